The molecule has 0 saturated carbocycles. The van der Waals surface area contributed by atoms with E-state index in [9.17, 15) is 4.79 Å². The molecule has 2 aromatic rings. The van der Waals surface area contributed by atoms with Crippen molar-refractivity contribution in [2.24, 2.45) is 5.16 Å². The molecule has 0 bridgehead atoms. The van der Waals surface area contributed by atoms with E-state index in [-0.39, 0.29) is 0 Å². The first kappa shape index (κ1) is 14.3. The van der Waals surface area contributed by atoms with Crippen molar-refractivity contribution in [3.05, 3.63) is 64.1 Å². The van der Waals surface area contributed by atoms with Gasteiger partial charge in [-0.1, -0.05) is 27.2 Å². The molecule has 0 aliphatic rings. The van der Waals surface area contributed by atoms with Gasteiger partial charge in [-0.05, 0) is 48.0 Å². The Bertz CT molecular complexity index is 623. The summed E-state index contributed by atoms with van der Waals surface area (Å²) in [5, 5.41) is 3.67. The van der Waals surface area contributed by atoms with Crippen molar-refractivity contribution in [1.29, 1.82) is 0 Å². The van der Waals surface area contributed by atoms with Crippen molar-refractivity contribution in [1.82, 2.24) is 0 Å². The van der Waals surface area contributed by atoms with E-state index in [1.807, 2.05) is 18.2 Å². The average molecular weight is 334 g/mol. The molecule has 2 aromatic carbocycles. The molecule has 0 aliphatic carbocycles. The lowest BCUT2D eigenvalue weighted by Crippen LogP contribution is -2.00. The Morgan fingerprint density at radius 3 is 2.60 bits per heavy atom. The van der Waals surface area contributed by atoms with E-state index in [1.165, 1.54) is 6.21 Å². The van der Waals surface area contributed by atoms with E-state index in [1.54, 1.807) is 37.4 Å². The van der Waals surface area contributed by atoms with Gasteiger partial charge in [0.25, 0.3) is 0 Å². The molecule has 0 aliphatic heterocycles. The highest BCUT2D eigenvalue weighted by atomic mass is 79.9. The molecule has 0 atom stereocenters. The van der Waals surface area contributed by atoms with Crippen LogP contribution in [0.3, 0.4) is 0 Å². The quantitative estimate of drug-likeness (QED) is 0.487. The molecular weight excluding hydrogens is 322 g/mol. The standard InChI is InChI=1S/C15H12BrNO3/c1-19-14-7-5-11(6-8-14)10-17-20-15(18)12-3-2-4-13(16)9-12/h2-10H,1H3/b17-10+. The Morgan fingerprint density at radius 1 is 1.20 bits per heavy atom. The highest BCUT2D eigenvalue weighted by Crippen LogP contribution is 2.13. The third-order valence-electron chi connectivity index (χ3n) is 2.51. The fourth-order valence-corrected chi connectivity index (χ4v) is 1.89. The van der Waals surface area contributed by atoms with Gasteiger partial charge >= 0.3 is 5.97 Å². The molecule has 0 amide bonds. The Hall–Kier alpha value is -2.14. The first-order chi connectivity index (χ1) is 9.69. The molecule has 0 unspecified atom stereocenters. The number of carbonyl (C=O) groups is 1. The maximum Gasteiger partial charge on any atom is 0.365 e. The van der Waals surface area contributed by atoms with Crippen LogP contribution in [0.15, 0.2) is 58.2 Å². The molecule has 0 aromatic heterocycles. The maximum atomic E-state index is 11.7. The van der Waals surface area contributed by atoms with Crippen molar-refractivity contribution >= 4 is 28.1 Å². The van der Waals surface area contributed by atoms with E-state index in [0.717, 1.165) is 15.8 Å². The Kier molecular flexibility index (Phi) is 4.90. The predicted molar refractivity (Wildman–Crippen MR) is 80.1 cm³/mol. The van der Waals surface area contributed by atoms with Crippen molar-refractivity contribution in [3.8, 4) is 5.75 Å². The van der Waals surface area contributed by atoms with Gasteiger partial charge in [-0.2, -0.15) is 0 Å². The number of nitrogens with zero attached hydrogens (tertiary/aromatic N) is 1. The minimum absolute atomic E-state index is 0.436. The lowest BCUT2D eigenvalue weighted by molar-refractivity contribution is 0.0519. The van der Waals surface area contributed by atoms with Crippen LogP contribution in [-0.4, -0.2) is 19.3 Å². The third kappa shape index (κ3) is 3.93. The first-order valence-electron chi connectivity index (χ1n) is 5.83. The van der Waals surface area contributed by atoms with Gasteiger partial charge in [0.05, 0.1) is 18.9 Å². The summed E-state index contributed by atoms with van der Waals surface area (Å²) in [4.78, 5) is 16.5. The molecule has 2 rings (SSSR count). The number of methoxy groups -OCH3 is 1. The summed E-state index contributed by atoms with van der Waals surface area (Å²) in [7, 11) is 1.60. The van der Waals surface area contributed by atoms with Crippen LogP contribution in [0.25, 0.3) is 0 Å². The van der Waals surface area contributed by atoms with Gasteiger partial charge in [0.15, 0.2) is 0 Å². The molecule has 5 heteroatoms. The second-order valence-electron chi connectivity index (χ2n) is 3.90. The molecule has 0 saturated heterocycles. The van der Waals surface area contributed by atoms with Gasteiger partial charge < -0.3 is 9.57 Å². The summed E-state index contributed by atoms with van der Waals surface area (Å²) in [5.74, 6) is 0.254. The largest absolute Gasteiger partial charge is 0.497 e. The zero-order valence-corrected chi connectivity index (χ0v) is 12.3. The third-order valence-corrected chi connectivity index (χ3v) is 3.01. The van der Waals surface area contributed by atoms with Crippen LogP contribution >= 0.6 is 15.9 Å². The summed E-state index contributed by atoms with van der Waals surface area (Å²) in [6.45, 7) is 0. The van der Waals surface area contributed by atoms with Crippen LogP contribution in [0.5, 0.6) is 5.75 Å². The summed E-state index contributed by atoms with van der Waals surface area (Å²) in [6, 6.07) is 14.2. The van der Waals surface area contributed by atoms with Crippen LogP contribution in [0.1, 0.15) is 15.9 Å². The zero-order chi connectivity index (χ0) is 14.4. The highest BCUT2D eigenvalue weighted by molar-refractivity contribution is 9.10. The number of oxime groups is 1. The average Bonchev–Trinajstić information content (AvgIpc) is 2.48. The molecular formula is C15H12BrNO3. The molecule has 0 radical (unpaired) electrons. The number of benzene rings is 2. The van der Waals surface area contributed by atoms with E-state index < -0.39 is 5.97 Å². The maximum absolute atomic E-state index is 11.7. The normalized spacial score (nSPS) is 10.5. The van der Waals surface area contributed by atoms with Gasteiger partial charge in [0, 0.05) is 4.47 Å². The molecule has 0 N–H and O–H groups in total. The van der Waals surface area contributed by atoms with Gasteiger partial charge in [-0.25, -0.2) is 4.79 Å². The van der Waals surface area contributed by atoms with Crippen LogP contribution < -0.4 is 4.74 Å². The van der Waals surface area contributed by atoms with E-state index in [4.69, 9.17) is 9.57 Å². The predicted octanol–water partition coefficient (Wildman–Crippen LogP) is 3.65. The Morgan fingerprint density at radius 2 is 1.95 bits per heavy atom. The van der Waals surface area contributed by atoms with Crippen LogP contribution in [0.4, 0.5) is 0 Å². The van der Waals surface area contributed by atoms with Crippen molar-refractivity contribution in [3.63, 3.8) is 0 Å². The van der Waals surface area contributed by atoms with Crippen LogP contribution in [0, 0.1) is 0 Å². The van der Waals surface area contributed by atoms with Gasteiger partial charge in [0.1, 0.15) is 5.75 Å². The smallest absolute Gasteiger partial charge is 0.365 e. The van der Waals surface area contributed by atoms with Crippen molar-refractivity contribution in [2.45, 2.75) is 0 Å². The number of hydrogen-bond donors (Lipinski definition) is 0. The number of halogens is 1. The second kappa shape index (κ2) is 6.86. The highest BCUT2D eigenvalue weighted by Gasteiger charge is 2.06. The molecule has 4 nitrogen and oxygen atoms in total. The fraction of sp³-hybridized carbons (Fsp3) is 0.0667. The SMILES string of the molecule is COc1ccc(/C=N/OC(=O)c2cccc(Br)c2)cc1. The van der Waals surface area contributed by atoms with E-state index in [0.29, 0.717) is 5.56 Å². The van der Waals surface area contributed by atoms with Gasteiger partial charge in [-0.3, -0.25) is 0 Å². The Balaban J connectivity index is 1.97. The van der Waals surface area contributed by atoms with Crippen molar-refractivity contribution in [2.75, 3.05) is 7.11 Å². The monoisotopic (exact) mass is 333 g/mol. The lowest BCUT2D eigenvalue weighted by Gasteiger charge is -1.99. The zero-order valence-electron chi connectivity index (χ0n) is 10.7. The fourth-order valence-electron chi connectivity index (χ4n) is 1.49. The van der Waals surface area contributed by atoms with E-state index >= 15 is 0 Å². The number of rotatable bonds is 4. The molecule has 0 spiro atoms. The molecule has 0 heterocycles. The minimum atomic E-state index is -0.504. The summed E-state index contributed by atoms with van der Waals surface area (Å²) >= 11 is 3.29. The van der Waals surface area contributed by atoms with Crippen LogP contribution in [-0.2, 0) is 4.84 Å². The second-order valence-corrected chi connectivity index (χ2v) is 4.81. The van der Waals surface area contributed by atoms with Gasteiger partial charge in [-0.15, -0.1) is 0 Å². The van der Waals surface area contributed by atoms with Gasteiger partial charge in [0.2, 0.25) is 0 Å². The summed E-state index contributed by atoms with van der Waals surface area (Å²) < 4.78 is 5.86. The molecule has 0 fully saturated rings. The topological polar surface area (TPSA) is 47.9 Å². The van der Waals surface area contributed by atoms with E-state index in [2.05, 4.69) is 21.1 Å². The summed E-state index contributed by atoms with van der Waals surface area (Å²) in [5.41, 5.74) is 1.25. The number of ether oxygens (including phenoxy) is 1. The number of carbonyl (C=O) groups excluding carboxylic acids is 1. The molecule has 102 valence electrons. The minimum Gasteiger partial charge on any atom is -0.497 e. The Labute approximate surface area is 125 Å². The number of hydrogen-bond acceptors (Lipinski definition) is 4. The van der Waals surface area contributed by atoms with Crippen molar-refractivity contribution < 1.29 is 14.4 Å². The lowest BCUT2D eigenvalue weighted by atomic mass is 10.2. The summed E-state index contributed by atoms with van der Waals surface area (Å²) in [6.07, 6.45) is 1.47. The first-order valence-corrected chi connectivity index (χ1v) is 6.62. The van der Waals surface area contributed by atoms with Crippen LogP contribution in [0.2, 0.25) is 0 Å². The molecule has 20 heavy (non-hydrogen) atoms.